The van der Waals surface area contributed by atoms with E-state index in [0.29, 0.717) is 37.7 Å². The molecule has 1 saturated carbocycles. The highest BCUT2D eigenvalue weighted by molar-refractivity contribution is 5.66. The Hall–Kier alpha value is -1.53. The van der Waals surface area contributed by atoms with Crippen LogP contribution in [0.4, 0.5) is 8.78 Å². The van der Waals surface area contributed by atoms with Crippen LogP contribution in [-0.4, -0.2) is 39.4 Å². The van der Waals surface area contributed by atoms with Crippen LogP contribution in [0.15, 0.2) is 36.5 Å². The quantitative estimate of drug-likeness (QED) is 0.341. The van der Waals surface area contributed by atoms with Gasteiger partial charge in [-0.15, -0.1) is 0 Å². The maximum absolute atomic E-state index is 14.1. The number of aliphatic hydroxyl groups excluding tert-OH is 2. The van der Waals surface area contributed by atoms with Gasteiger partial charge in [0.25, 0.3) is 5.92 Å². The smallest absolute Gasteiger partial charge is 0.303 e. The molecule has 4 nitrogen and oxygen atoms in total. The number of hydrogen-bond donors (Lipinski definition) is 3. The van der Waals surface area contributed by atoms with Crippen molar-refractivity contribution in [3.8, 4) is 0 Å². The predicted molar refractivity (Wildman–Crippen MR) is 102 cm³/mol. The van der Waals surface area contributed by atoms with Gasteiger partial charge in [0.15, 0.2) is 0 Å². The highest BCUT2D eigenvalue weighted by Gasteiger charge is 2.38. The minimum Gasteiger partial charge on any atom is -0.481 e. The Morgan fingerprint density at radius 2 is 2.07 bits per heavy atom. The van der Waals surface area contributed by atoms with Crippen molar-refractivity contribution in [1.29, 1.82) is 0 Å². The molecule has 0 amide bonds. The topological polar surface area (TPSA) is 77.8 Å². The average Bonchev–Trinajstić information content (AvgIpc) is 2.86. The SMILES string of the molecule is C=C1C[C@H](O)[C@H](CC=CCCCC(=O)O)[C@H]1C=CC(F)(F)C(O)CCCC. The Morgan fingerprint density at radius 3 is 2.70 bits per heavy atom. The van der Waals surface area contributed by atoms with E-state index < -0.39 is 24.1 Å². The maximum Gasteiger partial charge on any atom is 0.303 e. The van der Waals surface area contributed by atoms with Gasteiger partial charge in [-0.3, -0.25) is 4.79 Å². The summed E-state index contributed by atoms with van der Waals surface area (Å²) in [5.41, 5.74) is 0.710. The van der Waals surface area contributed by atoms with Crippen molar-refractivity contribution in [2.75, 3.05) is 0 Å². The molecule has 1 fully saturated rings. The fourth-order valence-electron chi connectivity index (χ4n) is 3.36. The van der Waals surface area contributed by atoms with E-state index in [9.17, 15) is 23.8 Å². The number of rotatable bonds is 12. The van der Waals surface area contributed by atoms with Gasteiger partial charge >= 0.3 is 5.97 Å². The number of aliphatic carboxylic acids is 1. The number of aliphatic hydroxyl groups is 2. The molecule has 0 aromatic carbocycles. The van der Waals surface area contributed by atoms with Gasteiger partial charge in [-0.25, -0.2) is 0 Å². The van der Waals surface area contributed by atoms with Crippen molar-refractivity contribution in [3.63, 3.8) is 0 Å². The van der Waals surface area contributed by atoms with Gasteiger partial charge in [0.05, 0.1) is 6.10 Å². The zero-order chi connectivity index (χ0) is 20.4. The monoisotopic (exact) mass is 386 g/mol. The molecule has 6 heteroatoms. The van der Waals surface area contributed by atoms with Crippen LogP contribution < -0.4 is 0 Å². The lowest BCUT2D eigenvalue weighted by Crippen LogP contribution is -2.31. The molecule has 0 radical (unpaired) electrons. The zero-order valence-corrected chi connectivity index (χ0v) is 16.0. The van der Waals surface area contributed by atoms with Crippen molar-refractivity contribution in [2.45, 2.75) is 76.4 Å². The van der Waals surface area contributed by atoms with Crippen molar-refractivity contribution in [3.05, 3.63) is 36.5 Å². The second-order valence-corrected chi connectivity index (χ2v) is 7.30. The molecule has 1 rings (SSSR count). The van der Waals surface area contributed by atoms with Gasteiger partial charge in [-0.2, -0.15) is 8.78 Å². The number of carboxylic acid groups (broad SMARTS) is 1. The molecule has 0 heterocycles. The molecule has 3 N–H and O–H groups in total. The minimum atomic E-state index is -3.31. The number of hydrogen-bond acceptors (Lipinski definition) is 3. The van der Waals surface area contributed by atoms with E-state index in [1.54, 1.807) is 0 Å². The summed E-state index contributed by atoms with van der Waals surface area (Å²) < 4.78 is 28.2. The summed E-state index contributed by atoms with van der Waals surface area (Å²) in [4.78, 5) is 10.5. The van der Waals surface area contributed by atoms with Crippen LogP contribution in [0.2, 0.25) is 0 Å². The molecule has 154 valence electrons. The molecule has 0 aromatic heterocycles. The van der Waals surface area contributed by atoms with Crippen LogP contribution in [0.25, 0.3) is 0 Å². The van der Waals surface area contributed by atoms with Gasteiger partial charge in [0, 0.05) is 12.3 Å². The molecule has 0 aromatic rings. The molecule has 0 saturated heterocycles. The third-order valence-electron chi connectivity index (χ3n) is 5.04. The van der Waals surface area contributed by atoms with E-state index in [-0.39, 0.29) is 24.7 Å². The zero-order valence-electron chi connectivity index (χ0n) is 16.0. The largest absolute Gasteiger partial charge is 0.481 e. The molecule has 1 aliphatic rings. The van der Waals surface area contributed by atoms with Gasteiger partial charge in [0.1, 0.15) is 6.10 Å². The lowest BCUT2D eigenvalue weighted by Gasteiger charge is -2.22. The fourth-order valence-corrected chi connectivity index (χ4v) is 3.36. The lowest BCUT2D eigenvalue weighted by molar-refractivity contribution is -0.137. The number of unbranched alkanes of at least 4 members (excludes halogenated alkanes) is 2. The van der Waals surface area contributed by atoms with Gasteiger partial charge in [0.2, 0.25) is 0 Å². The number of carbonyl (C=O) groups is 1. The summed E-state index contributed by atoms with van der Waals surface area (Å²) >= 11 is 0. The van der Waals surface area contributed by atoms with Crippen LogP contribution in [0.3, 0.4) is 0 Å². The second-order valence-electron chi connectivity index (χ2n) is 7.30. The van der Waals surface area contributed by atoms with E-state index in [1.165, 1.54) is 6.08 Å². The average molecular weight is 386 g/mol. The first-order valence-corrected chi connectivity index (χ1v) is 9.66. The molecule has 0 aliphatic heterocycles. The Morgan fingerprint density at radius 1 is 1.37 bits per heavy atom. The summed E-state index contributed by atoms with van der Waals surface area (Å²) in [6, 6.07) is 0. The van der Waals surface area contributed by atoms with E-state index in [2.05, 4.69) is 6.58 Å². The Bertz CT molecular complexity index is 542. The lowest BCUT2D eigenvalue weighted by atomic mass is 9.88. The Labute approximate surface area is 160 Å². The van der Waals surface area contributed by atoms with Crippen LogP contribution in [0, 0.1) is 11.8 Å². The van der Waals surface area contributed by atoms with E-state index in [0.717, 1.165) is 12.5 Å². The Balaban J connectivity index is 2.66. The first-order chi connectivity index (χ1) is 12.7. The summed E-state index contributed by atoms with van der Waals surface area (Å²) in [6.45, 7) is 5.78. The normalized spacial score (nSPS) is 24.9. The second kappa shape index (κ2) is 11.3. The number of halogens is 2. The highest BCUT2D eigenvalue weighted by atomic mass is 19.3. The van der Waals surface area contributed by atoms with Crippen LogP contribution in [0.5, 0.6) is 0 Å². The maximum atomic E-state index is 14.1. The Kier molecular flexibility index (Phi) is 9.88. The van der Waals surface area contributed by atoms with Gasteiger partial charge in [-0.1, -0.05) is 50.1 Å². The first kappa shape index (κ1) is 23.5. The number of alkyl halides is 2. The summed E-state index contributed by atoms with van der Waals surface area (Å²) in [5, 5.41) is 28.5. The van der Waals surface area contributed by atoms with Crippen molar-refractivity contribution in [2.24, 2.45) is 11.8 Å². The molecule has 4 atom stereocenters. The molecular weight excluding hydrogens is 354 g/mol. The van der Waals surface area contributed by atoms with E-state index in [1.807, 2.05) is 19.1 Å². The standard InChI is InChI=1S/C21H32F2O4/c1-3-4-10-19(25)21(22,23)13-12-16-15(2)14-18(24)17(16)9-7-5-6-8-11-20(26)27/h5,7,12-13,16-19,24-25H,2-4,6,8-11,14H2,1H3,(H,26,27)/t16-,17+,18-,19?/m0/s1. The van der Waals surface area contributed by atoms with Crippen molar-refractivity contribution in [1.82, 2.24) is 0 Å². The first-order valence-electron chi connectivity index (χ1n) is 9.66. The van der Waals surface area contributed by atoms with Crippen molar-refractivity contribution >= 4 is 5.97 Å². The predicted octanol–water partition coefficient (Wildman–Crippen LogP) is 4.48. The summed E-state index contributed by atoms with van der Waals surface area (Å²) in [5.74, 6) is -4.75. The van der Waals surface area contributed by atoms with E-state index in [4.69, 9.17) is 5.11 Å². The minimum absolute atomic E-state index is 0.0462. The summed E-state index contributed by atoms with van der Waals surface area (Å²) in [6.07, 6.45) is 6.97. The summed E-state index contributed by atoms with van der Waals surface area (Å²) in [7, 11) is 0. The van der Waals surface area contributed by atoms with Crippen LogP contribution in [0.1, 0.15) is 58.3 Å². The molecule has 0 spiro atoms. The molecular formula is C21H32F2O4. The third-order valence-corrected chi connectivity index (χ3v) is 5.04. The molecule has 0 bridgehead atoms. The molecule has 1 unspecified atom stereocenters. The van der Waals surface area contributed by atoms with E-state index >= 15 is 0 Å². The third kappa shape index (κ3) is 7.93. The highest BCUT2D eigenvalue weighted by Crippen LogP contribution is 2.40. The van der Waals surface area contributed by atoms with Gasteiger partial charge < -0.3 is 15.3 Å². The van der Waals surface area contributed by atoms with Crippen LogP contribution >= 0.6 is 0 Å². The number of carboxylic acids is 1. The number of allylic oxidation sites excluding steroid dienone is 3. The molecule has 27 heavy (non-hydrogen) atoms. The van der Waals surface area contributed by atoms with Crippen molar-refractivity contribution < 1.29 is 28.9 Å². The van der Waals surface area contributed by atoms with Crippen LogP contribution in [-0.2, 0) is 4.79 Å². The fraction of sp³-hybridized carbons (Fsp3) is 0.667. The van der Waals surface area contributed by atoms with Gasteiger partial charge in [-0.05, 0) is 44.1 Å². The molecule has 1 aliphatic carbocycles.